The van der Waals surface area contributed by atoms with Gasteiger partial charge in [0.15, 0.2) is 6.29 Å². The molecule has 0 aromatic heterocycles. The fourth-order valence-corrected chi connectivity index (χ4v) is 3.79. The number of nitriles is 1. The molecule has 1 heterocycles. The van der Waals surface area contributed by atoms with Crippen LogP contribution in [0.5, 0.6) is 0 Å². The van der Waals surface area contributed by atoms with Gasteiger partial charge in [0.25, 0.3) is 0 Å². The molecule has 1 aromatic rings. The van der Waals surface area contributed by atoms with Crippen LogP contribution in [0.25, 0.3) is 0 Å². The first-order chi connectivity index (χ1) is 11.7. The summed E-state index contributed by atoms with van der Waals surface area (Å²) in [7, 11) is 0. The Bertz CT molecular complexity index is 621. The molecule has 4 heteroatoms. The number of halogens is 1. The van der Waals surface area contributed by atoms with Crippen LogP contribution >= 0.6 is 0 Å². The summed E-state index contributed by atoms with van der Waals surface area (Å²) in [6.45, 7) is 3.48. The van der Waals surface area contributed by atoms with Gasteiger partial charge in [-0.2, -0.15) is 5.26 Å². The van der Waals surface area contributed by atoms with Gasteiger partial charge >= 0.3 is 0 Å². The minimum atomic E-state index is -0.411. The van der Waals surface area contributed by atoms with Crippen molar-refractivity contribution in [2.45, 2.75) is 44.8 Å². The fourth-order valence-electron chi connectivity index (χ4n) is 3.79. The summed E-state index contributed by atoms with van der Waals surface area (Å²) in [4.78, 5) is 0. The first-order valence-electron chi connectivity index (χ1n) is 8.76. The van der Waals surface area contributed by atoms with Crippen LogP contribution in [0, 0.1) is 29.0 Å². The summed E-state index contributed by atoms with van der Waals surface area (Å²) < 4.78 is 25.6. The van der Waals surface area contributed by atoms with E-state index in [2.05, 4.69) is 6.08 Å². The number of hydrogen-bond acceptors (Lipinski definition) is 3. The summed E-state index contributed by atoms with van der Waals surface area (Å²) >= 11 is 0. The summed E-state index contributed by atoms with van der Waals surface area (Å²) in [5, 5.41) is 8.83. The fraction of sp³-hybridized carbons (Fsp3) is 0.550. The lowest BCUT2D eigenvalue weighted by molar-refractivity contribution is -0.222. The third-order valence-corrected chi connectivity index (χ3v) is 5.16. The second-order valence-electron chi connectivity index (χ2n) is 6.78. The third kappa shape index (κ3) is 3.85. The van der Waals surface area contributed by atoms with E-state index >= 15 is 0 Å². The molecule has 1 aromatic carbocycles. The van der Waals surface area contributed by atoms with Crippen LogP contribution in [0.15, 0.2) is 30.4 Å². The zero-order valence-corrected chi connectivity index (χ0v) is 14.1. The highest BCUT2D eigenvalue weighted by Crippen LogP contribution is 2.39. The zero-order valence-electron chi connectivity index (χ0n) is 14.1. The minimum Gasteiger partial charge on any atom is -0.352 e. The van der Waals surface area contributed by atoms with Crippen LogP contribution in [0.3, 0.4) is 0 Å². The standard InChI is InChI=1S/C20H24FNO2/c1-2-3-14-12-23-20(24-13-14)16-6-4-15(5-7-16)17-8-9-18(11-22)19(21)10-17/h2-3,8-10,14-16,20H,4-7,12-13H2,1H3/t14-,15-,16-,20-. The van der Waals surface area contributed by atoms with E-state index in [4.69, 9.17) is 14.7 Å². The van der Waals surface area contributed by atoms with Crippen LogP contribution in [-0.2, 0) is 9.47 Å². The number of allylic oxidation sites excluding steroid dienone is 1. The predicted octanol–water partition coefficient (Wildman–Crippen LogP) is 4.54. The van der Waals surface area contributed by atoms with Crippen LogP contribution in [0.2, 0.25) is 0 Å². The minimum absolute atomic E-state index is 0.0924. The average Bonchev–Trinajstić information content (AvgIpc) is 2.63. The normalized spacial score (nSPS) is 31.0. The Kier molecular flexibility index (Phi) is 5.65. The lowest BCUT2D eigenvalue weighted by Gasteiger charge is -2.37. The second kappa shape index (κ2) is 7.92. The molecular formula is C20H24FNO2. The number of ether oxygens (including phenoxy) is 2. The SMILES string of the molecule is CC=C[C@H]1CO[C@H]([C@H]2CC[C@H](c3ccc(C#N)c(F)c3)CC2)OC1. The molecule has 1 saturated carbocycles. The highest BCUT2D eigenvalue weighted by Gasteiger charge is 2.32. The molecule has 1 aliphatic carbocycles. The van der Waals surface area contributed by atoms with Crippen LogP contribution in [0.1, 0.15) is 49.7 Å². The van der Waals surface area contributed by atoms with Crippen molar-refractivity contribution in [3.8, 4) is 6.07 Å². The molecule has 0 radical (unpaired) electrons. The molecule has 128 valence electrons. The van der Waals surface area contributed by atoms with Gasteiger partial charge in [0, 0.05) is 11.8 Å². The van der Waals surface area contributed by atoms with Crippen LogP contribution in [0.4, 0.5) is 4.39 Å². The van der Waals surface area contributed by atoms with Gasteiger partial charge in [-0.3, -0.25) is 0 Å². The average molecular weight is 329 g/mol. The van der Waals surface area contributed by atoms with Gasteiger partial charge in [0.2, 0.25) is 0 Å². The first kappa shape index (κ1) is 17.1. The quantitative estimate of drug-likeness (QED) is 0.765. The van der Waals surface area contributed by atoms with Crippen molar-refractivity contribution >= 4 is 0 Å². The molecule has 1 saturated heterocycles. The van der Waals surface area contributed by atoms with E-state index in [1.807, 2.05) is 25.1 Å². The summed E-state index contributed by atoms with van der Waals surface area (Å²) in [5.41, 5.74) is 1.12. The highest BCUT2D eigenvalue weighted by molar-refractivity contribution is 5.34. The maximum absolute atomic E-state index is 13.8. The zero-order chi connectivity index (χ0) is 16.9. The lowest BCUT2D eigenvalue weighted by Crippen LogP contribution is -2.37. The van der Waals surface area contributed by atoms with Crippen molar-refractivity contribution in [1.82, 2.24) is 0 Å². The molecule has 0 amide bonds. The maximum Gasteiger partial charge on any atom is 0.160 e. The molecular weight excluding hydrogens is 305 g/mol. The second-order valence-corrected chi connectivity index (χ2v) is 6.78. The molecule has 0 N–H and O–H groups in total. The van der Waals surface area contributed by atoms with E-state index in [0.29, 0.717) is 17.8 Å². The molecule has 0 unspecified atom stereocenters. The maximum atomic E-state index is 13.8. The molecule has 0 spiro atoms. The molecule has 1 aliphatic heterocycles. The highest BCUT2D eigenvalue weighted by atomic mass is 19.1. The third-order valence-electron chi connectivity index (χ3n) is 5.16. The van der Waals surface area contributed by atoms with Gasteiger partial charge in [-0.05, 0) is 56.2 Å². The summed E-state index contributed by atoms with van der Waals surface area (Å²) in [6, 6.07) is 6.88. The van der Waals surface area contributed by atoms with Gasteiger partial charge < -0.3 is 9.47 Å². The van der Waals surface area contributed by atoms with Crippen molar-refractivity contribution in [3.63, 3.8) is 0 Å². The molecule has 2 aliphatic rings. The molecule has 0 bridgehead atoms. The van der Waals surface area contributed by atoms with E-state index in [0.717, 1.165) is 44.5 Å². The lowest BCUT2D eigenvalue weighted by atomic mass is 9.78. The molecule has 24 heavy (non-hydrogen) atoms. The van der Waals surface area contributed by atoms with E-state index in [1.54, 1.807) is 6.07 Å². The van der Waals surface area contributed by atoms with Gasteiger partial charge in [-0.1, -0.05) is 18.2 Å². The Morgan fingerprint density at radius 2 is 1.88 bits per heavy atom. The van der Waals surface area contributed by atoms with Crippen molar-refractivity contribution < 1.29 is 13.9 Å². The Morgan fingerprint density at radius 3 is 2.46 bits per heavy atom. The van der Waals surface area contributed by atoms with E-state index in [9.17, 15) is 4.39 Å². The van der Waals surface area contributed by atoms with E-state index in [-0.39, 0.29) is 11.9 Å². The largest absolute Gasteiger partial charge is 0.352 e. The smallest absolute Gasteiger partial charge is 0.160 e. The molecule has 0 atom stereocenters. The van der Waals surface area contributed by atoms with Crippen molar-refractivity contribution in [2.24, 2.45) is 11.8 Å². The Morgan fingerprint density at radius 1 is 1.17 bits per heavy atom. The molecule has 3 rings (SSSR count). The van der Waals surface area contributed by atoms with Crippen molar-refractivity contribution in [2.75, 3.05) is 13.2 Å². The summed E-state index contributed by atoms with van der Waals surface area (Å²) in [5.74, 6) is 0.745. The Balaban J connectivity index is 1.53. The topological polar surface area (TPSA) is 42.2 Å². The number of nitrogens with zero attached hydrogens (tertiary/aromatic N) is 1. The summed E-state index contributed by atoms with van der Waals surface area (Å²) in [6.07, 6.45) is 8.17. The number of rotatable bonds is 3. The van der Waals surface area contributed by atoms with Gasteiger partial charge in [0.1, 0.15) is 11.9 Å². The van der Waals surface area contributed by atoms with Gasteiger partial charge in [-0.25, -0.2) is 4.39 Å². The van der Waals surface area contributed by atoms with Gasteiger partial charge in [-0.15, -0.1) is 0 Å². The molecule has 3 nitrogen and oxygen atoms in total. The first-order valence-corrected chi connectivity index (χ1v) is 8.76. The monoisotopic (exact) mass is 329 g/mol. The van der Waals surface area contributed by atoms with Gasteiger partial charge in [0.05, 0.1) is 18.8 Å². The number of hydrogen-bond donors (Lipinski definition) is 0. The van der Waals surface area contributed by atoms with Crippen molar-refractivity contribution in [3.05, 3.63) is 47.3 Å². The van der Waals surface area contributed by atoms with Crippen molar-refractivity contribution in [1.29, 1.82) is 5.26 Å². The predicted molar refractivity (Wildman–Crippen MR) is 89.8 cm³/mol. The molecule has 2 fully saturated rings. The van der Waals surface area contributed by atoms with Crippen LogP contribution in [-0.4, -0.2) is 19.5 Å². The van der Waals surface area contributed by atoms with E-state index in [1.165, 1.54) is 6.07 Å². The van der Waals surface area contributed by atoms with Crippen LogP contribution < -0.4 is 0 Å². The number of benzene rings is 1. The van der Waals surface area contributed by atoms with E-state index < -0.39 is 5.82 Å². The Hall–Kier alpha value is -1.70. The Labute approximate surface area is 143 Å².